The minimum atomic E-state index is -0.455. The molecule has 0 radical (unpaired) electrons. The van der Waals surface area contributed by atoms with Gasteiger partial charge in [0.15, 0.2) is 0 Å². The van der Waals surface area contributed by atoms with Crippen LogP contribution in [0.1, 0.15) is 101 Å². The monoisotopic (exact) mass is 482 g/mol. The summed E-state index contributed by atoms with van der Waals surface area (Å²) in [7, 11) is -0.770. The number of rotatable bonds is 2. The maximum absolute atomic E-state index is 7.12. The highest BCUT2D eigenvalue weighted by Gasteiger charge is 2.55. The van der Waals surface area contributed by atoms with E-state index in [2.05, 4.69) is 119 Å². The third-order valence-electron chi connectivity index (χ3n) is 7.44. The molecule has 0 amide bonds. The van der Waals surface area contributed by atoms with Gasteiger partial charge in [-0.3, -0.25) is 0 Å². The minimum Gasteiger partial charge on any atom is -0.455 e. The Hall–Kier alpha value is -0.900. The molecular formula is C30H44OP2. The maximum Gasteiger partial charge on any atom is 0.139 e. The fourth-order valence-electron chi connectivity index (χ4n) is 7.17. The molecule has 0 spiro atoms. The van der Waals surface area contributed by atoms with Gasteiger partial charge in [0.25, 0.3) is 0 Å². The highest BCUT2D eigenvalue weighted by Crippen LogP contribution is 2.73. The summed E-state index contributed by atoms with van der Waals surface area (Å²) >= 11 is 0. The Balaban J connectivity index is 1.96. The van der Waals surface area contributed by atoms with Crippen LogP contribution >= 0.6 is 15.8 Å². The van der Waals surface area contributed by atoms with Gasteiger partial charge in [-0.2, -0.15) is 0 Å². The second-order valence-corrected chi connectivity index (χ2v) is 21.3. The molecule has 2 heterocycles. The zero-order valence-corrected chi connectivity index (χ0v) is 24.8. The summed E-state index contributed by atoms with van der Waals surface area (Å²) in [6.07, 6.45) is 1.28. The lowest BCUT2D eigenvalue weighted by Crippen LogP contribution is -2.49. The Labute approximate surface area is 205 Å². The Kier molecular flexibility index (Phi) is 5.76. The van der Waals surface area contributed by atoms with Crippen molar-refractivity contribution in [3.63, 3.8) is 0 Å². The summed E-state index contributed by atoms with van der Waals surface area (Å²) in [5, 5.41) is 3.98. The van der Waals surface area contributed by atoms with Crippen LogP contribution in [0.25, 0.3) is 0 Å². The van der Waals surface area contributed by atoms with Gasteiger partial charge in [0.1, 0.15) is 11.5 Å². The van der Waals surface area contributed by atoms with Gasteiger partial charge in [-0.1, -0.05) is 135 Å². The van der Waals surface area contributed by atoms with Gasteiger partial charge in [-0.25, -0.2) is 0 Å². The van der Waals surface area contributed by atoms with Gasteiger partial charge in [0, 0.05) is 27.2 Å². The van der Waals surface area contributed by atoms with Gasteiger partial charge in [-0.05, 0) is 27.0 Å². The van der Waals surface area contributed by atoms with E-state index in [-0.39, 0.29) is 23.6 Å². The number of hydrogen-bond acceptors (Lipinski definition) is 1. The van der Waals surface area contributed by atoms with Crippen molar-refractivity contribution in [2.45, 2.75) is 116 Å². The van der Waals surface area contributed by atoms with Gasteiger partial charge < -0.3 is 4.74 Å². The summed E-state index contributed by atoms with van der Waals surface area (Å²) in [6.45, 7) is 29.0. The van der Waals surface area contributed by atoms with Crippen molar-refractivity contribution >= 4 is 26.5 Å². The van der Waals surface area contributed by atoms with Crippen molar-refractivity contribution in [3.05, 3.63) is 47.5 Å². The SMILES string of the molecule is CC1(C)c2cccc(P(C(C)(C)C)C(C)(C)C)c2Oc2c(P3C(C)(C)CC3(C)C)cccc21. The average Bonchev–Trinajstić information content (AvgIpc) is 2.59. The van der Waals surface area contributed by atoms with E-state index in [1.165, 1.54) is 28.2 Å². The normalized spacial score (nSPS) is 21.1. The number of fused-ring (bicyclic) bond motifs is 2. The van der Waals surface area contributed by atoms with E-state index in [0.29, 0.717) is 10.3 Å². The van der Waals surface area contributed by atoms with Crippen LogP contribution in [0.4, 0.5) is 0 Å². The van der Waals surface area contributed by atoms with Crippen LogP contribution in [-0.4, -0.2) is 20.6 Å². The molecular weight excluding hydrogens is 438 g/mol. The van der Waals surface area contributed by atoms with E-state index in [4.69, 9.17) is 4.74 Å². The van der Waals surface area contributed by atoms with Crippen molar-refractivity contribution in [2.75, 3.05) is 0 Å². The highest BCUT2D eigenvalue weighted by atomic mass is 31.1. The minimum absolute atomic E-state index is 0.0831. The van der Waals surface area contributed by atoms with E-state index in [1.807, 2.05) is 0 Å². The second kappa shape index (κ2) is 7.55. The van der Waals surface area contributed by atoms with E-state index in [1.54, 1.807) is 0 Å². The van der Waals surface area contributed by atoms with Crippen molar-refractivity contribution in [1.29, 1.82) is 0 Å². The number of hydrogen-bond donors (Lipinski definition) is 0. The van der Waals surface area contributed by atoms with Crippen molar-refractivity contribution in [3.8, 4) is 11.5 Å². The first-order valence-electron chi connectivity index (χ1n) is 12.4. The molecule has 2 aliphatic rings. The van der Waals surface area contributed by atoms with Gasteiger partial charge in [0.2, 0.25) is 0 Å². The van der Waals surface area contributed by atoms with Crippen LogP contribution in [0.2, 0.25) is 0 Å². The molecule has 0 atom stereocenters. The summed E-state index contributed by atoms with van der Waals surface area (Å²) in [4.78, 5) is 0. The van der Waals surface area contributed by atoms with Gasteiger partial charge >= 0.3 is 0 Å². The molecule has 0 N–H and O–H groups in total. The molecule has 0 unspecified atom stereocenters. The van der Waals surface area contributed by atoms with E-state index >= 15 is 0 Å². The summed E-state index contributed by atoms with van der Waals surface area (Å²) < 4.78 is 7.12. The molecule has 0 saturated carbocycles. The molecule has 1 saturated heterocycles. The number of para-hydroxylation sites is 2. The van der Waals surface area contributed by atoms with Crippen molar-refractivity contribution in [1.82, 2.24) is 0 Å². The smallest absolute Gasteiger partial charge is 0.139 e. The fraction of sp³-hybridized carbons (Fsp3) is 0.600. The first kappa shape index (κ1) is 25.2. The van der Waals surface area contributed by atoms with E-state index in [0.717, 1.165) is 11.5 Å². The molecule has 2 aromatic rings. The van der Waals surface area contributed by atoms with Crippen LogP contribution in [-0.2, 0) is 5.41 Å². The quantitative estimate of drug-likeness (QED) is 0.388. The van der Waals surface area contributed by atoms with Crippen LogP contribution < -0.4 is 15.3 Å². The Bertz CT molecular complexity index is 1050. The Morgan fingerprint density at radius 3 is 1.70 bits per heavy atom. The third-order valence-corrected chi connectivity index (χ3v) is 14.5. The lowest BCUT2D eigenvalue weighted by atomic mass is 9.76. The van der Waals surface area contributed by atoms with Crippen LogP contribution in [0, 0.1) is 0 Å². The standard InChI is InChI=1S/C30H44OP2/c1-26(2,3)32(27(4,5)6)22-17-13-15-20-24(22)31-25-21(30(20,11)12)16-14-18-23(25)33-28(7,8)19-29(33,9)10/h13-18H,19H2,1-12H3. The Morgan fingerprint density at radius 1 is 0.727 bits per heavy atom. The maximum atomic E-state index is 7.12. The highest BCUT2D eigenvalue weighted by molar-refractivity contribution is 7.70. The molecule has 2 aliphatic heterocycles. The zero-order valence-electron chi connectivity index (χ0n) is 23.0. The molecule has 3 heteroatoms. The molecule has 1 nitrogen and oxygen atoms in total. The van der Waals surface area contributed by atoms with Gasteiger partial charge in [-0.15, -0.1) is 0 Å². The summed E-state index contributed by atoms with van der Waals surface area (Å²) in [5.74, 6) is 2.30. The van der Waals surface area contributed by atoms with Crippen LogP contribution in [0.15, 0.2) is 36.4 Å². The van der Waals surface area contributed by atoms with Gasteiger partial charge in [0.05, 0.1) is 0 Å². The number of ether oxygens (including phenoxy) is 1. The van der Waals surface area contributed by atoms with Crippen LogP contribution in [0.5, 0.6) is 11.5 Å². The lowest BCUT2D eigenvalue weighted by Gasteiger charge is -2.59. The first-order chi connectivity index (χ1) is 14.9. The number of benzene rings is 2. The van der Waals surface area contributed by atoms with E-state index < -0.39 is 7.92 Å². The molecule has 4 rings (SSSR count). The zero-order chi connectivity index (χ0) is 24.8. The molecule has 180 valence electrons. The summed E-state index contributed by atoms with van der Waals surface area (Å²) in [6, 6.07) is 13.9. The third kappa shape index (κ3) is 4.00. The predicted molar refractivity (Wildman–Crippen MR) is 150 cm³/mol. The summed E-state index contributed by atoms with van der Waals surface area (Å²) in [5.41, 5.74) is 2.60. The second-order valence-electron chi connectivity index (χ2n) is 13.8. The molecule has 0 aliphatic carbocycles. The fourth-order valence-corrected chi connectivity index (χ4v) is 15.6. The molecule has 0 bridgehead atoms. The molecule has 1 fully saturated rings. The topological polar surface area (TPSA) is 9.23 Å². The van der Waals surface area contributed by atoms with E-state index in [9.17, 15) is 0 Å². The van der Waals surface area contributed by atoms with Crippen molar-refractivity contribution in [2.24, 2.45) is 0 Å². The van der Waals surface area contributed by atoms with Crippen LogP contribution in [0.3, 0.4) is 0 Å². The molecule has 2 aromatic carbocycles. The average molecular weight is 483 g/mol. The Morgan fingerprint density at radius 2 is 1.21 bits per heavy atom. The lowest BCUT2D eigenvalue weighted by molar-refractivity contribution is 0.420. The molecule has 0 aromatic heterocycles. The molecule has 33 heavy (non-hydrogen) atoms. The van der Waals surface area contributed by atoms with Crippen molar-refractivity contribution < 1.29 is 4.74 Å². The largest absolute Gasteiger partial charge is 0.455 e. The first-order valence-corrected chi connectivity index (χ1v) is 15.1. The predicted octanol–water partition coefficient (Wildman–Crippen LogP) is 8.89.